The molecule has 0 aliphatic carbocycles. The highest BCUT2D eigenvalue weighted by Gasteiger charge is 2.47. The topological polar surface area (TPSA) is 59.1 Å². The molecule has 0 N–H and O–H groups in total. The van der Waals surface area contributed by atoms with E-state index in [9.17, 15) is 0 Å². The highest BCUT2D eigenvalue weighted by atomic mass is 32.2. The minimum absolute atomic E-state index is 0.00489. The zero-order chi connectivity index (χ0) is 34.9. The third-order valence-corrected chi connectivity index (χ3v) is 16.4. The second-order valence-electron chi connectivity index (χ2n) is 14.7. The molecule has 0 aliphatic rings. The van der Waals surface area contributed by atoms with Gasteiger partial charge in [-0.25, -0.2) is 8.42 Å². The summed E-state index contributed by atoms with van der Waals surface area (Å²) in [4.78, 5) is 2.38. The molecule has 0 saturated heterocycles. The number of methoxy groups -OCH3 is 1. The lowest BCUT2D eigenvalue weighted by Crippen LogP contribution is -2.57. The number of rotatable bonds is 18. The molecule has 0 spiro atoms. The maximum atomic E-state index is 15.5. The normalized spacial score (nSPS) is 12.8. The van der Waals surface area contributed by atoms with Gasteiger partial charge >= 0.3 is 0 Å². The zero-order valence-corrected chi connectivity index (χ0v) is 32.5. The summed E-state index contributed by atoms with van der Waals surface area (Å²) in [7, 11) is -0.571. The molecule has 0 heterocycles. The first-order valence-corrected chi connectivity index (χ1v) is 21.6. The fraction of sp³-hybridized carbons (Fsp3) is 0.538. The molecule has 0 unspecified atom stereocenters. The molecule has 0 radical (unpaired) electrons. The van der Waals surface area contributed by atoms with Gasteiger partial charge in [-0.2, -0.15) is 4.31 Å². The Bertz CT molecular complexity index is 1490. The number of anilines is 1. The van der Waals surface area contributed by atoms with E-state index in [0.29, 0.717) is 17.9 Å². The molecule has 0 saturated carbocycles. The van der Waals surface area contributed by atoms with Gasteiger partial charge in [-0.15, -0.1) is 0 Å². The minimum atomic E-state index is -4.00. The van der Waals surface area contributed by atoms with Crippen LogP contribution in [0.3, 0.4) is 0 Å². The minimum Gasteiger partial charge on any atom is -0.497 e. The van der Waals surface area contributed by atoms with E-state index in [1.54, 1.807) is 7.11 Å². The average molecular weight is 681 g/mol. The Kier molecular flexibility index (Phi) is 13.7. The summed E-state index contributed by atoms with van der Waals surface area (Å²) in [5.74, 6) is 0.774. The summed E-state index contributed by atoms with van der Waals surface area (Å²) in [5, 5.41) is 0.00489. The van der Waals surface area contributed by atoms with Crippen LogP contribution in [0.4, 0.5) is 5.69 Å². The lowest BCUT2D eigenvalue weighted by Gasteiger charge is -2.47. The van der Waals surface area contributed by atoms with Crippen molar-refractivity contribution in [3.63, 3.8) is 0 Å². The number of hydrogen-bond donors (Lipinski definition) is 0. The maximum Gasteiger partial charge on any atom is 0.244 e. The Labute approximate surface area is 287 Å². The number of unbranched alkanes of at least 4 members (excludes halogenated alkanes) is 2. The predicted octanol–water partition coefficient (Wildman–Crippen LogP) is 9.68. The molecule has 0 aromatic heterocycles. The van der Waals surface area contributed by atoms with Crippen molar-refractivity contribution < 1.29 is 17.6 Å². The summed E-state index contributed by atoms with van der Waals surface area (Å²) in [6.07, 6.45) is 5.77. The zero-order valence-electron chi connectivity index (χ0n) is 30.7. The van der Waals surface area contributed by atoms with Crippen molar-refractivity contribution in [2.24, 2.45) is 0 Å². The van der Waals surface area contributed by atoms with Crippen LogP contribution in [0.5, 0.6) is 5.75 Å². The molecule has 8 heteroatoms. The van der Waals surface area contributed by atoms with Crippen molar-refractivity contribution >= 4 is 24.0 Å². The average Bonchev–Trinajstić information content (AvgIpc) is 3.04. The highest BCUT2D eigenvalue weighted by Crippen LogP contribution is 2.42. The van der Waals surface area contributed by atoms with Crippen LogP contribution in [0.15, 0.2) is 77.7 Å². The first kappa shape index (κ1) is 38.8. The molecular formula is C39H60N2O4SSi. The van der Waals surface area contributed by atoms with E-state index in [1.807, 2.05) is 96.1 Å². The van der Waals surface area contributed by atoms with Crippen molar-refractivity contribution in [1.82, 2.24) is 4.31 Å². The molecule has 0 atom stereocenters. The predicted molar refractivity (Wildman–Crippen MR) is 201 cm³/mol. The van der Waals surface area contributed by atoms with Gasteiger partial charge in [0.05, 0.1) is 24.2 Å². The Morgan fingerprint density at radius 1 is 0.809 bits per heavy atom. The van der Waals surface area contributed by atoms with Crippen LogP contribution in [-0.4, -0.2) is 54.4 Å². The SMILES string of the molecule is CCCCC(CCCC)(CO[Si](C)(C)C(C)(C)C)N(Cc1ccccc1)S(=O)(=O)c1ccc(N(C)C)cc1Cc1ccc(OC)cc1. The molecule has 0 aliphatic heterocycles. The summed E-state index contributed by atoms with van der Waals surface area (Å²) in [6, 6.07) is 23.7. The van der Waals surface area contributed by atoms with Gasteiger partial charge in [0.25, 0.3) is 0 Å². The van der Waals surface area contributed by atoms with Gasteiger partial charge in [0.2, 0.25) is 10.0 Å². The number of ether oxygens (including phenoxy) is 1. The first-order chi connectivity index (χ1) is 22.1. The Balaban J connectivity index is 2.29. The van der Waals surface area contributed by atoms with E-state index in [0.717, 1.165) is 66.7 Å². The highest BCUT2D eigenvalue weighted by molar-refractivity contribution is 7.89. The second kappa shape index (κ2) is 16.6. The van der Waals surface area contributed by atoms with Gasteiger partial charge in [-0.3, -0.25) is 0 Å². The third kappa shape index (κ3) is 9.94. The monoisotopic (exact) mass is 680 g/mol. The summed E-state index contributed by atoms with van der Waals surface area (Å²) < 4.78 is 45.2. The molecule has 0 fully saturated rings. The molecule has 0 amide bonds. The van der Waals surface area contributed by atoms with Crippen LogP contribution in [0.25, 0.3) is 0 Å². The van der Waals surface area contributed by atoms with Crippen molar-refractivity contribution in [3.05, 3.63) is 89.5 Å². The number of sulfonamides is 1. The Morgan fingerprint density at radius 3 is 1.91 bits per heavy atom. The van der Waals surface area contributed by atoms with Crippen LogP contribution in [-0.2, 0) is 27.4 Å². The van der Waals surface area contributed by atoms with E-state index >= 15 is 8.42 Å². The number of nitrogens with zero attached hydrogens (tertiary/aromatic N) is 2. The van der Waals surface area contributed by atoms with Gasteiger partial charge in [0, 0.05) is 26.3 Å². The molecule has 3 rings (SSSR count). The van der Waals surface area contributed by atoms with Crippen molar-refractivity contribution in [2.75, 3.05) is 32.7 Å². The van der Waals surface area contributed by atoms with Crippen molar-refractivity contribution in [1.29, 1.82) is 0 Å². The smallest absolute Gasteiger partial charge is 0.244 e. The van der Waals surface area contributed by atoms with Crippen molar-refractivity contribution in [3.8, 4) is 5.75 Å². The first-order valence-electron chi connectivity index (χ1n) is 17.2. The van der Waals surface area contributed by atoms with Crippen LogP contribution in [0.2, 0.25) is 18.1 Å². The van der Waals surface area contributed by atoms with Crippen LogP contribution >= 0.6 is 0 Å². The fourth-order valence-corrected chi connectivity index (χ4v) is 8.77. The summed E-state index contributed by atoms with van der Waals surface area (Å²) in [6.45, 7) is 16.3. The standard InChI is InChI=1S/C39H60N2O4SSi/c1-11-13-26-39(27-14-12-2,31-45-47(9,10)38(3,4)5)41(30-33-18-16-15-17-19-33)46(42,43)37-25-22-35(40(6)7)29-34(37)28-32-20-23-36(44-8)24-21-32/h15-25,29H,11-14,26-28,30-31H2,1-10H3. The van der Waals surface area contributed by atoms with Crippen molar-refractivity contribution in [2.45, 2.75) is 115 Å². The quantitative estimate of drug-likeness (QED) is 0.125. The summed E-state index contributed by atoms with van der Waals surface area (Å²) in [5.41, 5.74) is 3.05. The number of benzene rings is 3. The molecule has 47 heavy (non-hydrogen) atoms. The largest absolute Gasteiger partial charge is 0.497 e. The van der Waals surface area contributed by atoms with E-state index in [-0.39, 0.29) is 11.6 Å². The molecule has 6 nitrogen and oxygen atoms in total. The van der Waals surface area contributed by atoms with E-state index < -0.39 is 23.9 Å². The fourth-order valence-electron chi connectivity index (χ4n) is 5.71. The van der Waals surface area contributed by atoms with Gasteiger partial charge in [-0.1, -0.05) is 103 Å². The lowest BCUT2D eigenvalue weighted by atomic mass is 9.87. The van der Waals surface area contributed by atoms with Crippen LogP contribution in [0.1, 0.15) is 89.8 Å². The van der Waals surface area contributed by atoms with Crippen LogP contribution < -0.4 is 9.64 Å². The summed E-state index contributed by atoms with van der Waals surface area (Å²) >= 11 is 0. The second-order valence-corrected chi connectivity index (χ2v) is 21.3. The van der Waals surface area contributed by atoms with Gasteiger partial charge < -0.3 is 14.1 Å². The van der Waals surface area contributed by atoms with E-state index in [2.05, 4.69) is 47.7 Å². The van der Waals surface area contributed by atoms with E-state index in [4.69, 9.17) is 9.16 Å². The molecule has 3 aromatic rings. The Morgan fingerprint density at radius 2 is 1.40 bits per heavy atom. The van der Waals surface area contributed by atoms with Gasteiger partial charge in [-0.05, 0) is 84.4 Å². The maximum absolute atomic E-state index is 15.5. The third-order valence-electron chi connectivity index (χ3n) is 9.88. The van der Waals surface area contributed by atoms with E-state index in [1.165, 1.54) is 0 Å². The molecule has 260 valence electrons. The lowest BCUT2D eigenvalue weighted by molar-refractivity contribution is 0.0703. The van der Waals surface area contributed by atoms with Gasteiger partial charge in [0.1, 0.15) is 5.75 Å². The molecule has 0 bridgehead atoms. The molecular weight excluding hydrogens is 621 g/mol. The Hall–Kier alpha value is -2.65. The van der Waals surface area contributed by atoms with Crippen LogP contribution in [0, 0.1) is 0 Å². The molecule has 3 aromatic carbocycles. The van der Waals surface area contributed by atoms with Gasteiger partial charge in [0.15, 0.2) is 8.32 Å². The number of hydrogen-bond acceptors (Lipinski definition) is 5.